The fourth-order valence-electron chi connectivity index (χ4n) is 3.55. The number of esters is 1. The quantitative estimate of drug-likeness (QED) is 0.494. The van der Waals surface area contributed by atoms with Crippen LogP contribution in [0.25, 0.3) is 0 Å². The Morgan fingerprint density at radius 2 is 1.78 bits per heavy atom. The number of benzene rings is 1. The van der Waals surface area contributed by atoms with Gasteiger partial charge in [-0.25, -0.2) is 0 Å². The molecule has 176 valence electrons. The number of nitrogens with zero attached hydrogens (tertiary/aromatic N) is 1. The second kappa shape index (κ2) is 11.6. The van der Waals surface area contributed by atoms with Gasteiger partial charge in [0.2, 0.25) is 17.7 Å². The van der Waals surface area contributed by atoms with E-state index in [0.29, 0.717) is 18.7 Å². The van der Waals surface area contributed by atoms with Gasteiger partial charge in [-0.3, -0.25) is 19.2 Å². The van der Waals surface area contributed by atoms with E-state index in [1.807, 2.05) is 13.8 Å². The highest BCUT2D eigenvalue weighted by Crippen LogP contribution is 2.20. The minimum Gasteiger partial charge on any atom is -0.461 e. The number of nitrogens with one attached hydrogen (secondary N) is 3. The van der Waals surface area contributed by atoms with E-state index >= 15 is 0 Å². The number of likely N-dealkylation sites (tertiary alicyclic amines) is 1. The van der Waals surface area contributed by atoms with Gasteiger partial charge < -0.3 is 25.6 Å². The average Bonchev–Trinajstić information content (AvgIpc) is 3.25. The van der Waals surface area contributed by atoms with E-state index < -0.39 is 12.1 Å². The zero-order chi connectivity index (χ0) is 23.8. The predicted octanol–water partition coefficient (Wildman–Crippen LogP) is 1.43. The van der Waals surface area contributed by atoms with Crippen molar-refractivity contribution < 1.29 is 23.9 Å². The van der Waals surface area contributed by atoms with Crippen molar-refractivity contribution in [2.24, 2.45) is 5.92 Å². The lowest BCUT2D eigenvalue weighted by Crippen LogP contribution is -2.55. The second-order valence-electron chi connectivity index (χ2n) is 8.40. The lowest BCUT2D eigenvalue weighted by molar-refractivity contribution is -0.142. The van der Waals surface area contributed by atoms with Gasteiger partial charge >= 0.3 is 5.97 Å². The number of rotatable bonds is 9. The molecule has 1 aromatic carbocycles. The first-order chi connectivity index (χ1) is 15.1. The normalized spacial score (nSPS) is 17.6. The molecule has 0 spiro atoms. The third-order valence-corrected chi connectivity index (χ3v) is 5.55. The molecule has 1 aliphatic rings. The lowest BCUT2D eigenvalue weighted by atomic mass is 10.0. The minimum atomic E-state index is -0.748. The third-order valence-electron chi connectivity index (χ3n) is 5.55. The molecule has 0 aromatic heterocycles. The molecule has 9 nitrogen and oxygen atoms in total. The number of likely N-dealkylation sites (N-methyl/N-ethyl adjacent to an activating group) is 1. The molecule has 1 aromatic rings. The van der Waals surface area contributed by atoms with Gasteiger partial charge in [0.1, 0.15) is 18.7 Å². The summed E-state index contributed by atoms with van der Waals surface area (Å²) in [6, 6.07) is 5.24. The molecule has 1 aliphatic heterocycles. The summed E-state index contributed by atoms with van der Waals surface area (Å²) in [7, 11) is 1.70. The number of hydrogen-bond donors (Lipinski definition) is 3. The summed E-state index contributed by atoms with van der Waals surface area (Å²) in [6.07, 6.45) is 1.32. The van der Waals surface area contributed by atoms with Crippen molar-refractivity contribution in [3.05, 3.63) is 29.8 Å². The van der Waals surface area contributed by atoms with Crippen molar-refractivity contribution >= 4 is 29.4 Å². The fourth-order valence-corrected chi connectivity index (χ4v) is 3.55. The Kier molecular flexibility index (Phi) is 9.19. The van der Waals surface area contributed by atoms with Crippen LogP contribution < -0.4 is 16.0 Å². The number of hydrogen-bond acceptors (Lipinski definition) is 6. The maximum atomic E-state index is 13.0. The summed E-state index contributed by atoms with van der Waals surface area (Å²) in [5, 5.41) is 8.57. The maximum Gasteiger partial charge on any atom is 0.302 e. The molecule has 3 atom stereocenters. The van der Waals surface area contributed by atoms with E-state index in [1.54, 1.807) is 43.1 Å². The van der Waals surface area contributed by atoms with Gasteiger partial charge in [-0.15, -0.1) is 0 Å². The number of carbonyl (C=O) groups excluding carboxylic acids is 4. The highest BCUT2D eigenvalue weighted by molar-refractivity contribution is 5.99. The lowest BCUT2D eigenvalue weighted by Gasteiger charge is -2.29. The molecule has 0 saturated carbocycles. The molecule has 0 radical (unpaired) electrons. The smallest absolute Gasteiger partial charge is 0.302 e. The van der Waals surface area contributed by atoms with Gasteiger partial charge in [-0.1, -0.05) is 26.0 Å². The van der Waals surface area contributed by atoms with Crippen LogP contribution in [0.5, 0.6) is 0 Å². The van der Waals surface area contributed by atoms with Crippen molar-refractivity contribution in [2.75, 3.05) is 18.9 Å². The van der Waals surface area contributed by atoms with Gasteiger partial charge in [-0.05, 0) is 50.4 Å². The molecule has 1 saturated heterocycles. The Balaban J connectivity index is 2.01. The predicted molar refractivity (Wildman–Crippen MR) is 121 cm³/mol. The average molecular weight is 447 g/mol. The van der Waals surface area contributed by atoms with Gasteiger partial charge in [0.15, 0.2) is 0 Å². The molecule has 1 heterocycles. The molecule has 0 bridgehead atoms. The molecule has 0 aliphatic carbocycles. The second-order valence-corrected chi connectivity index (χ2v) is 8.40. The van der Waals surface area contributed by atoms with Gasteiger partial charge in [-0.2, -0.15) is 0 Å². The highest BCUT2D eigenvalue weighted by Gasteiger charge is 2.37. The van der Waals surface area contributed by atoms with Crippen LogP contribution >= 0.6 is 0 Å². The summed E-state index contributed by atoms with van der Waals surface area (Å²) in [4.78, 5) is 50.9. The highest BCUT2D eigenvalue weighted by atomic mass is 16.5. The molecule has 2 rings (SSSR count). The summed E-state index contributed by atoms with van der Waals surface area (Å²) < 4.78 is 4.95. The zero-order valence-electron chi connectivity index (χ0n) is 19.4. The van der Waals surface area contributed by atoms with Crippen molar-refractivity contribution in [3.63, 3.8) is 0 Å². The van der Waals surface area contributed by atoms with Crippen LogP contribution in [0, 0.1) is 5.92 Å². The first-order valence-electron chi connectivity index (χ1n) is 10.9. The van der Waals surface area contributed by atoms with Gasteiger partial charge in [0, 0.05) is 19.2 Å². The first-order valence-corrected chi connectivity index (χ1v) is 10.9. The number of anilines is 1. The van der Waals surface area contributed by atoms with E-state index in [1.165, 1.54) is 6.92 Å². The standard InChI is InChI=1S/C23H34N4O5/c1-14(2)20(22(30)25-18-10-8-17(9-11-18)13-32-16(4)28)26-21(29)19-7-6-12-27(19)23(31)15(3)24-5/h8-11,14-15,19-20,24H,6-7,12-13H2,1-5H3,(H,25,30)(H,26,29)/t15-,19-,20-/m0/s1. The molecule has 32 heavy (non-hydrogen) atoms. The number of amides is 3. The van der Waals surface area contributed by atoms with Crippen molar-refractivity contribution in [1.82, 2.24) is 15.5 Å². The largest absolute Gasteiger partial charge is 0.461 e. The Hall–Kier alpha value is -2.94. The number of carbonyl (C=O) groups is 4. The first kappa shape index (κ1) is 25.3. The molecular weight excluding hydrogens is 412 g/mol. The molecular formula is C23H34N4O5. The van der Waals surface area contributed by atoms with Crippen LogP contribution in [0.1, 0.15) is 46.1 Å². The van der Waals surface area contributed by atoms with Crippen LogP contribution in [0.4, 0.5) is 5.69 Å². The SMILES string of the molecule is CN[C@@H](C)C(=O)N1CCC[C@H]1C(=O)N[C@H](C(=O)Nc1ccc(COC(C)=O)cc1)C(C)C. The Labute approximate surface area is 189 Å². The van der Waals surface area contributed by atoms with E-state index in [0.717, 1.165) is 12.0 Å². The molecule has 3 amide bonds. The van der Waals surface area contributed by atoms with Crippen molar-refractivity contribution in [3.8, 4) is 0 Å². The third kappa shape index (κ3) is 6.78. The topological polar surface area (TPSA) is 117 Å². The summed E-state index contributed by atoms with van der Waals surface area (Å²) in [6.45, 7) is 7.51. The summed E-state index contributed by atoms with van der Waals surface area (Å²) >= 11 is 0. The van der Waals surface area contributed by atoms with Gasteiger partial charge in [0.25, 0.3) is 0 Å². The van der Waals surface area contributed by atoms with Crippen LogP contribution in [0.15, 0.2) is 24.3 Å². The van der Waals surface area contributed by atoms with E-state index in [4.69, 9.17) is 4.74 Å². The molecule has 0 unspecified atom stereocenters. The van der Waals surface area contributed by atoms with Crippen LogP contribution in [0.3, 0.4) is 0 Å². The van der Waals surface area contributed by atoms with E-state index in [2.05, 4.69) is 16.0 Å². The fraction of sp³-hybridized carbons (Fsp3) is 0.565. The molecule has 9 heteroatoms. The van der Waals surface area contributed by atoms with Crippen LogP contribution in [-0.4, -0.2) is 60.3 Å². The Morgan fingerprint density at radius 1 is 1.12 bits per heavy atom. The monoisotopic (exact) mass is 446 g/mol. The minimum absolute atomic E-state index is 0.121. The van der Waals surface area contributed by atoms with Crippen LogP contribution in [0.2, 0.25) is 0 Å². The zero-order valence-corrected chi connectivity index (χ0v) is 19.4. The number of ether oxygens (including phenoxy) is 1. The van der Waals surface area contributed by atoms with Crippen molar-refractivity contribution in [1.29, 1.82) is 0 Å². The molecule has 1 fully saturated rings. The maximum absolute atomic E-state index is 13.0. The van der Waals surface area contributed by atoms with Gasteiger partial charge in [0.05, 0.1) is 6.04 Å². The van der Waals surface area contributed by atoms with E-state index in [-0.39, 0.29) is 42.3 Å². The molecule has 3 N–H and O–H groups in total. The Bertz CT molecular complexity index is 824. The summed E-state index contributed by atoms with van der Waals surface area (Å²) in [5.41, 5.74) is 1.37. The van der Waals surface area contributed by atoms with E-state index in [9.17, 15) is 19.2 Å². The summed E-state index contributed by atoms with van der Waals surface area (Å²) in [5.74, 6) is -1.28. The van der Waals surface area contributed by atoms with Crippen molar-refractivity contribution in [2.45, 2.75) is 65.3 Å². The van der Waals surface area contributed by atoms with Crippen LogP contribution in [-0.2, 0) is 30.5 Å². The Morgan fingerprint density at radius 3 is 2.34 bits per heavy atom.